The molecule has 3 aromatic rings. The van der Waals surface area contributed by atoms with Crippen LogP contribution < -0.4 is 0 Å². The van der Waals surface area contributed by atoms with Gasteiger partial charge in [-0.15, -0.1) is 0 Å². The van der Waals surface area contributed by atoms with Gasteiger partial charge in [0, 0.05) is 18.2 Å². The predicted octanol–water partition coefficient (Wildman–Crippen LogP) is 4.27. The van der Waals surface area contributed by atoms with Gasteiger partial charge in [0.15, 0.2) is 11.6 Å². The monoisotopic (exact) mass is 277 g/mol. The summed E-state index contributed by atoms with van der Waals surface area (Å²) in [5, 5.41) is 4.54. The molecule has 0 spiro atoms. The lowest BCUT2D eigenvalue weighted by Crippen LogP contribution is -1.94. The zero-order chi connectivity index (χ0) is 14.8. The molecule has 1 aromatic heterocycles. The first-order valence-corrected chi connectivity index (χ1v) is 7.22. The van der Waals surface area contributed by atoms with E-state index < -0.39 is 0 Å². The van der Waals surface area contributed by atoms with Crippen molar-refractivity contribution in [3.8, 4) is 22.8 Å². The molecule has 0 saturated heterocycles. The summed E-state index contributed by atoms with van der Waals surface area (Å²) < 4.78 is 1.83. The van der Waals surface area contributed by atoms with E-state index in [1.165, 1.54) is 5.56 Å². The van der Waals surface area contributed by atoms with Crippen molar-refractivity contribution < 1.29 is 0 Å². The van der Waals surface area contributed by atoms with Crippen molar-refractivity contribution in [2.75, 3.05) is 0 Å². The van der Waals surface area contributed by atoms with Gasteiger partial charge in [-0.05, 0) is 11.5 Å². The minimum absolute atomic E-state index is 0.538. The summed E-state index contributed by atoms with van der Waals surface area (Å²) in [5.74, 6) is 2.20. The second kappa shape index (κ2) is 5.52. The Balaban J connectivity index is 1.97. The van der Waals surface area contributed by atoms with Gasteiger partial charge in [0.25, 0.3) is 0 Å². The van der Waals surface area contributed by atoms with Crippen molar-refractivity contribution in [2.45, 2.75) is 19.8 Å². The molecule has 0 bridgehead atoms. The lowest BCUT2D eigenvalue weighted by molar-refractivity contribution is 0.777. The topological polar surface area (TPSA) is 30.7 Å². The lowest BCUT2D eigenvalue weighted by atomic mass is 10.0. The number of aromatic nitrogens is 3. The molecule has 2 aromatic carbocycles. The number of benzene rings is 2. The predicted molar refractivity (Wildman–Crippen MR) is 86.0 cm³/mol. The van der Waals surface area contributed by atoms with Crippen LogP contribution in [0.2, 0.25) is 0 Å². The maximum absolute atomic E-state index is 4.68. The molecule has 0 aliphatic rings. The van der Waals surface area contributed by atoms with Crippen LogP contribution in [-0.4, -0.2) is 14.8 Å². The number of nitrogens with zero attached hydrogens (tertiary/aromatic N) is 3. The molecule has 0 fully saturated rings. The largest absolute Gasteiger partial charge is 0.248 e. The molecule has 0 amide bonds. The third kappa shape index (κ3) is 2.72. The first-order valence-electron chi connectivity index (χ1n) is 7.22. The van der Waals surface area contributed by atoms with Gasteiger partial charge in [0.05, 0.1) is 0 Å². The quantitative estimate of drug-likeness (QED) is 0.715. The van der Waals surface area contributed by atoms with Crippen LogP contribution in [0.3, 0.4) is 0 Å². The third-order valence-corrected chi connectivity index (χ3v) is 3.63. The van der Waals surface area contributed by atoms with E-state index in [-0.39, 0.29) is 0 Å². The van der Waals surface area contributed by atoms with Crippen molar-refractivity contribution in [3.63, 3.8) is 0 Å². The van der Waals surface area contributed by atoms with E-state index in [0.29, 0.717) is 5.92 Å². The smallest absolute Gasteiger partial charge is 0.181 e. The van der Waals surface area contributed by atoms with Crippen LogP contribution in [0.5, 0.6) is 0 Å². The van der Waals surface area contributed by atoms with Crippen LogP contribution in [0.4, 0.5) is 0 Å². The van der Waals surface area contributed by atoms with Crippen molar-refractivity contribution in [1.29, 1.82) is 0 Å². The second-order valence-electron chi connectivity index (χ2n) is 5.53. The fourth-order valence-electron chi connectivity index (χ4n) is 2.36. The average molecular weight is 277 g/mol. The zero-order valence-electron chi connectivity index (χ0n) is 12.6. The Morgan fingerprint density at radius 3 is 2.14 bits per heavy atom. The molecule has 21 heavy (non-hydrogen) atoms. The Bertz CT molecular complexity index is 725. The Labute approximate surface area is 125 Å². The van der Waals surface area contributed by atoms with E-state index in [2.05, 4.69) is 60.3 Å². The summed E-state index contributed by atoms with van der Waals surface area (Å²) in [6, 6.07) is 18.6. The first-order chi connectivity index (χ1) is 10.1. The molecule has 106 valence electrons. The summed E-state index contributed by atoms with van der Waals surface area (Å²) in [6.07, 6.45) is 0. The minimum atomic E-state index is 0.538. The molecule has 3 heteroatoms. The van der Waals surface area contributed by atoms with Gasteiger partial charge in [-0.25, -0.2) is 9.67 Å². The molecule has 0 saturated carbocycles. The molecule has 0 aliphatic heterocycles. The Morgan fingerprint density at radius 1 is 0.857 bits per heavy atom. The minimum Gasteiger partial charge on any atom is -0.248 e. The van der Waals surface area contributed by atoms with Crippen molar-refractivity contribution >= 4 is 0 Å². The normalized spacial score (nSPS) is 11.0. The second-order valence-corrected chi connectivity index (χ2v) is 5.53. The third-order valence-electron chi connectivity index (χ3n) is 3.63. The van der Waals surface area contributed by atoms with Crippen molar-refractivity contribution in [1.82, 2.24) is 14.8 Å². The number of hydrogen-bond acceptors (Lipinski definition) is 2. The van der Waals surface area contributed by atoms with Gasteiger partial charge in [0.2, 0.25) is 0 Å². The SMILES string of the molecule is CC(C)c1ccc(-c2nc(-c3ccccc3)n(C)n2)cc1. The van der Waals surface area contributed by atoms with Gasteiger partial charge >= 0.3 is 0 Å². The standard InChI is InChI=1S/C18H19N3/c1-13(2)14-9-11-15(12-10-14)17-19-18(21(3)20-17)16-7-5-4-6-8-16/h4-13H,1-3H3. The fourth-order valence-corrected chi connectivity index (χ4v) is 2.36. The van der Waals surface area contributed by atoms with Gasteiger partial charge in [-0.2, -0.15) is 5.10 Å². The number of aryl methyl sites for hydroxylation is 1. The van der Waals surface area contributed by atoms with Crippen LogP contribution in [0, 0.1) is 0 Å². The zero-order valence-corrected chi connectivity index (χ0v) is 12.6. The van der Waals surface area contributed by atoms with Crippen molar-refractivity contribution in [3.05, 3.63) is 60.2 Å². The highest BCUT2D eigenvalue weighted by Crippen LogP contribution is 2.23. The number of hydrogen-bond donors (Lipinski definition) is 0. The average Bonchev–Trinajstić information content (AvgIpc) is 2.90. The van der Waals surface area contributed by atoms with Crippen molar-refractivity contribution in [2.24, 2.45) is 7.05 Å². The van der Waals surface area contributed by atoms with Crippen LogP contribution in [-0.2, 0) is 7.05 Å². The van der Waals surface area contributed by atoms with Gasteiger partial charge in [0.1, 0.15) is 0 Å². The molecule has 0 unspecified atom stereocenters. The van der Waals surface area contributed by atoms with E-state index in [4.69, 9.17) is 0 Å². The Hall–Kier alpha value is -2.42. The highest BCUT2D eigenvalue weighted by molar-refractivity contribution is 5.61. The highest BCUT2D eigenvalue weighted by atomic mass is 15.3. The van der Waals surface area contributed by atoms with Crippen LogP contribution >= 0.6 is 0 Å². The Kier molecular flexibility index (Phi) is 3.57. The molecular formula is C18H19N3. The molecule has 1 heterocycles. The van der Waals surface area contributed by atoms with Gasteiger partial charge in [-0.1, -0.05) is 68.4 Å². The van der Waals surface area contributed by atoms with E-state index in [1.807, 2.05) is 29.9 Å². The molecule has 0 atom stereocenters. The lowest BCUT2D eigenvalue weighted by Gasteiger charge is -2.04. The first kappa shape index (κ1) is 13.6. The van der Waals surface area contributed by atoms with Gasteiger partial charge < -0.3 is 0 Å². The Morgan fingerprint density at radius 2 is 1.52 bits per heavy atom. The van der Waals surface area contributed by atoms with Crippen LogP contribution in [0.25, 0.3) is 22.8 Å². The summed E-state index contributed by atoms with van der Waals surface area (Å²) in [6.45, 7) is 4.39. The van der Waals surface area contributed by atoms with E-state index >= 15 is 0 Å². The molecule has 3 nitrogen and oxygen atoms in total. The summed E-state index contributed by atoms with van der Waals surface area (Å²) in [7, 11) is 1.93. The maximum Gasteiger partial charge on any atom is 0.181 e. The van der Waals surface area contributed by atoms with Crippen LogP contribution in [0.1, 0.15) is 25.3 Å². The van der Waals surface area contributed by atoms with Crippen LogP contribution in [0.15, 0.2) is 54.6 Å². The summed E-state index contributed by atoms with van der Waals surface area (Å²) in [4.78, 5) is 4.68. The summed E-state index contributed by atoms with van der Waals surface area (Å²) >= 11 is 0. The van der Waals surface area contributed by atoms with E-state index in [9.17, 15) is 0 Å². The van der Waals surface area contributed by atoms with E-state index in [0.717, 1.165) is 22.8 Å². The fraction of sp³-hybridized carbons (Fsp3) is 0.222. The molecule has 3 rings (SSSR count). The molecule has 0 radical (unpaired) electrons. The molecular weight excluding hydrogens is 258 g/mol. The number of rotatable bonds is 3. The van der Waals surface area contributed by atoms with E-state index in [1.54, 1.807) is 0 Å². The van der Waals surface area contributed by atoms with Gasteiger partial charge in [-0.3, -0.25) is 0 Å². The summed E-state index contributed by atoms with van der Waals surface area (Å²) in [5.41, 5.74) is 3.47. The highest BCUT2D eigenvalue weighted by Gasteiger charge is 2.11. The maximum atomic E-state index is 4.68. The molecule has 0 N–H and O–H groups in total. The molecule has 0 aliphatic carbocycles.